The molecule has 30 heavy (non-hydrogen) atoms. The van der Waals surface area contributed by atoms with Crippen molar-refractivity contribution in [2.24, 2.45) is 0 Å². The third-order valence-electron chi connectivity index (χ3n) is 4.26. The third-order valence-corrected chi connectivity index (χ3v) is 4.26. The minimum atomic E-state index is -0.532. The number of fused-ring (bicyclic) bond motifs is 1. The van der Waals surface area contributed by atoms with Crippen molar-refractivity contribution in [3.63, 3.8) is 0 Å². The average molecular weight is 408 g/mol. The summed E-state index contributed by atoms with van der Waals surface area (Å²) in [5.41, 5.74) is 0.500. The van der Waals surface area contributed by atoms with Gasteiger partial charge in [0.25, 0.3) is 5.56 Å². The molecule has 2 aromatic heterocycles. The van der Waals surface area contributed by atoms with Crippen molar-refractivity contribution in [1.29, 1.82) is 0 Å². The number of anilines is 1. The maximum absolute atomic E-state index is 13.5. The molecule has 2 aromatic carbocycles. The number of aromatic nitrogens is 5. The predicted molar refractivity (Wildman–Crippen MR) is 107 cm³/mol. The molecule has 0 aliphatic rings. The number of rotatable bonds is 6. The summed E-state index contributed by atoms with van der Waals surface area (Å²) in [6.45, 7) is 2.03. The molecule has 4 rings (SSSR count). The lowest BCUT2D eigenvalue weighted by atomic mass is 10.3. The fourth-order valence-corrected chi connectivity index (χ4v) is 2.93. The van der Waals surface area contributed by atoms with E-state index in [1.54, 1.807) is 30.3 Å². The summed E-state index contributed by atoms with van der Waals surface area (Å²) in [6.07, 6.45) is 1.23. The first kappa shape index (κ1) is 19.2. The number of nitrogens with one attached hydrogen (secondary N) is 1. The zero-order valence-corrected chi connectivity index (χ0v) is 15.9. The molecule has 2 heterocycles. The van der Waals surface area contributed by atoms with Crippen LogP contribution in [0.2, 0.25) is 0 Å². The predicted octanol–water partition coefficient (Wildman–Crippen LogP) is 2.15. The number of ether oxygens (including phenoxy) is 1. The van der Waals surface area contributed by atoms with Crippen LogP contribution in [0, 0.1) is 5.82 Å². The van der Waals surface area contributed by atoms with Crippen molar-refractivity contribution in [3.05, 3.63) is 71.0 Å². The van der Waals surface area contributed by atoms with Gasteiger partial charge in [-0.15, -0.1) is 5.10 Å². The molecule has 0 spiro atoms. The number of halogens is 1. The van der Waals surface area contributed by atoms with Gasteiger partial charge >= 0.3 is 0 Å². The monoisotopic (exact) mass is 408 g/mol. The maximum Gasteiger partial charge on any atom is 0.284 e. The Labute approximate surface area is 169 Å². The molecule has 0 saturated heterocycles. The van der Waals surface area contributed by atoms with E-state index in [9.17, 15) is 14.0 Å². The number of para-hydroxylation sites is 2. The van der Waals surface area contributed by atoms with Crippen LogP contribution in [0.5, 0.6) is 5.75 Å². The zero-order chi connectivity index (χ0) is 21.1. The molecule has 0 radical (unpaired) electrons. The Morgan fingerprint density at radius 2 is 2.03 bits per heavy atom. The normalized spacial score (nSPS) is 10.9. The highest BCUT2D eigenvalue weighted by atomic mass is 19.1. The van der Waals surface area contributed by atoms with Gasteiger partial charge in [-0.2, -0.15) is 4.68 Å². The van der Waals surface area contributed by atoms with Crippen molar-refractivity contribution in [3.8, 4) is 11.4 Å². The van der Waals surface area contributed by atoms with Gasteiger partial charge in [0.05, 0.1) is 18.0 Å². The maximum atomic E-state index is 13.5. The highest BCUT2D eigenvalue weighted by Crippen LogP contribution is 2.23. The van der Waals surface area contributed by atoms with Crippen molar-refractivity contribution in [2.45, 2.75) is 13.5 Å². The molecule has 0 bridgehead atoms. The summed E-state index contributed by atoms with van der Waals surface area (Å²) in [5.74, 6) is -0.344. The Balaban J connectivity index is 1.59. The van der Waals surface area contributed by atoms with Crippen molar-refractivity contribution in [1.82, 2.24) is 24.5 Å². The number of carbonyl (C=O) groups is 1. The molecule has 0 atom stereocenters. The van der Waals surface area contributed by atoms with Crippen LogP contribution in [0.15, 0.2) is 59.7 Å². The second kappa shape index (κ2) is 8.11. The van der Waals surface area contributed by atoms with Gasteiger partial charge in [0.15, 0.2) is 11.2 Å². The topological polar surface area (TPSA) is 104 Å². The van der Waals surface area contributed by atoms with E-state index in [-0.39, 0.29) is 17.7 Å². The van der Waals surface area contributed by atoms with Gasteiger partial charge in [0.2, 0.25) is 5.91 Å². The number of amides is 1. The Morgan fingerprint density at radius 1 is 1.20 bits per heavy atom. The SMILES string of the molecule is CCOc1ccccc1NC(=O)Cn1cnc2c(nnn2-c2cccc(F)c2)c1=O. The Bertz CT molecular complexity index is 1280. The first-order valence-corrected chi connectivity index (χ1v) is 9.15. The van der Waals surface area contributed by atoms with Gasteiger partial charge in [0, 0.05) is 0 Å². The molecule has 1 N–H and O–H groups in total. The van der Waals surface area contributed by atoms with Crippen LogP contribution >= 0.6 is 0 Å². The molecule has 152 valence electrons. The summed E-state index contributed by atoms with van der Waals surface area (Å²) in [5, 5.41) is 10.5. The second-order valence-corrected chi connectivity index (χ2v) is 6.31. The summed E-state index contributed by atoms with van der Waals surface area (Å²) < 4.78 is 21.4. The van der Waals surface area contributed by atoms with E-state index in [4.69, 9.17) is 4.74 Å². The van der Waals surface area contributed by atoms with Gasteiger partial charge in [-0.25, -0.2) is 9.37 Å². The molecule has 9 nitrogen and oxygen atoms in total. The Kier molecular flexibility index (Phi) is 5.21. The summed E-state index contributed by atoms with van der Waals surface area (Å²) in [7, 11) is 0. The summed E-state index contributed by atoms with van der Waals surface area (Å²) in [6, 6.07) is 12.7. The van der Waals surface area contributed by atoms with Crippen LogP contribution < -0.4 is 15.6 Å². The molecular weight excluding hydrogens is 391 g/mol. The lowest BCUT2D eigenvalue weighted by Gasteiger charge is -2.11. The van der Waals surface area contributed by atoms with Crippen LogP contribution in [0.1, 0.15) is 6.92 Å². The number of carbonyl (C=O) groups excluding carboxylic acids is 1. The van der Waals surface area contributed by atoms with Crippen LogP contribution in [-0.4, -0.2) is 37.1 Å². The highest BCUT2D eigenvalue weighted by Gasteiger charge is 2.16. The molecule has 0 aliphatic carbocycles. The molecule has 10 heteroatoms. The fourth-order valence-electron chi connectivity index (χ4n) is 2.93. The van der Waals surface area contributed by atoms with E-state index in [1.807, 2.05) is 6.92 Å². The first-order valence-electron chi connectivity index (χ1n) is 9.15. The van der Waals surface area contributed by atoms with E-state index in [1.165, 1.54) is 29.2 Å². The molecule has 1 amide bonds. The molecule has 0 fully saturated rings. The van der Waals surface area contributed by atoms with E-state index < -0.39 is 17.3 Å². The molecule has 4 aromatic rings. The minimum Gasteiger partial charge on any atom is -0.492 e. The highest BCUT2D eigenvalue weighted by molar-refractivity contribution is 5.92. The van der Waals surface area contributed by atoms with Gasteiger partial charge in [0.1, 0.15) is 24.4 Å². The van der Waals surface area contributed by atoms with Gasteiger partial charge in [-0.05, 0) is 37.3 Å². The molecule has 0 unspecified atom stereocenters. The quantitative estimate of drug-likeness (QED) is 0.524. The van der Waals surface area contributed by atoms with Gasteiger partial charge in [-0.3, -0.25) is 14.2 Å². The number of nitrogens with zero attached hydrogens (tertiary/aromatic N) is 5. The van der Waals surface area contributed by atoms with Crippen molar-refractivity contribution < 1.29 is 13.9 Å². The third kappa shape index (κ3) is 3.75. The van der Waals surface area contributed by atoms with Gasteiger partial charge < -0.3 is 10.1 Å². The summed E-state index contributed by atoms with van der Waals surface area (Å²) >= 11 is 0. The molecule has 0 aliphatic heterocycles. The zero-order valence-electron chi connectivity index (χ0n) is 15.9. The fraction of sp³-hybridized carbons (Fsp3) is 0.150. The first-order chi connectivity index (χ1) is 14.6. The lowest BCUT2D eigenvalue weighted by molar-refractivity contribution is -0.116. The number of benzene rings is 2. The standard InChI is InChI=1S/C20H17FN6O3/c1-2-30-16-9-4-3-8-15(16)23-17(28)11-26-12-22-19-18(20(26)29)24-25-27(19)14-7-5-6-13(21)10-14/h3-10,12H,2,11H2,1H3,(H,23,28). The van der Waals surface area contributed by atoms with E-state index >= 15 is 0 Å². The van der Waals surface area contributed by atoms with Crippen LogP contribution in [0.3, 0.4) is 0 Å². The number of hydrogen-bond donors (Lipinski definition) is 1. The van der Waals surface area contributed by atoms with Crippen molar-refractivity contribution >= 4 is 22.8 Å². The van der Waals surface area contributed by atoms with Crippen molar-refractivity contribution in [2.75, 3.05) is 11.9 Å². The van der Waals surface area contributed by atoms with E-state index in [2.05, 4.69) is 20.6 Å². The van der Waals surface area contributed by atoms with Gasteiger partial charge in [-0.1, -0.05) is 23.4 Å². The van der Waals surface area contributed by atoms with E-state index in [0.717, 1.165) is 4.57 Å². The second-order valence-electron chi connectivity index (χ2n) is 6.31. The molecular formula is C20H17FN6O3. The minimum absolute atomic E-state index is 0.0238. The average Bonchev–Trinajstić information content (AvgIpc) is 3.17. The lowest BCUT2D eigenvalue weighted by Crippen LogP contribution is -2.28. The smallest absolute Gasteiger partial charge is 0.284 e. The number of hydrogen-bond acceptors (Lipinski definition) is 6. The molecule has 0 saturated carbocycles. The Hall–Kier alpha value is -4.08. The van der Waals surface area contributed by atoms with Crippen LogP contribution in [0.4, 0.5) is 10.1 Å². The van der Waals surface area contributed by atoms with Crippen LogP contribution in [0.25, 0.3) is 16.9 Å². The summed E-state index contributed by atoms with van der Waals surface area (Å²) in [4.78, 5) is 29.4. The largest absolute Gasteiger partial charge is 0.492 e. The Morgan fingerprint density at radius 3 is 2.83 bits per heavy atom. The van der Waals surface area contributed by atoms with Crippen LogP contribution in [-0.2, 0) is 11.3 Å². The van der Waals surface area contributed by atoms with E-state index in [0.29, 0.717) is 23.7 Å².